The fraction of sp³-hybridized carbons (Fsp3) is 1.00. The van der Waals surface area contributed by atoms with Gasteiger partial charge in [0.05, 0.1) is 0 Å². The summed E-state index contributed by atoms with van der Waals surface area (Å²) in [5.41, 5.74) is 0. The monoisotopic (exact) mass is 234 g/mol. The first-order chi connectivity index (χ1) is 4.56. The molecule has 0 unspecified atom stereocenters. The highest BCUT2D eigenvalue weighted by atomic mass is 35.8. The maximum atomic E-state index is 5.70. The zero-order chi connectivity index (χ0) is 8.04. The number of halogens is 3. The first kappa shape index (κ1) is 11.3. The Labute approximate surface area is 80.2 Å². The Bertz CT molecular complexity index is 81.5. The van der Waals surface area contributed by atoms with E-state index in [-0.39, 0.29) is 9.52 Å². The molecule has 0 aliphatic rings. The van der Waals surface area contributed by atoms with Crippen LogP contribution in [-0.4, -0.2) is 15.5 Å². The van der Waals surface area contributed by atoms with Gasteiger partial charge >= 0.3 is 6.00 Å². The highest BCUT2D eigenvalue weighted by molar-refractivity contribution is 7.64. The summed E-state index contributed by atoms with van der Waals surface area (Å²) in [5, 5.41) is 0. The van der Waals surface area contributed by atoms with Crippen LogP contribution in [0, 0.1) is 0 Å². The van der Waals surface area contributed by atoms with Gasteiger partial charge in [-0.25, -0.2) is 0 Å². The van der Waals surface area contributed by atoms with Gasteiger partial charge in [-0.15, -0.1) is 33.2 Å². The predicted octanol–water partition coefficient (Wildman–Crippen LogP) is 3.06. The minimum atomic E-state index is -2.26. The summed E-state index contributed by atoms with van der Waals surface area (Å²) in [5.74, 6) is 0. The summed E-state index contributed by atoms with van der Waals surface area (Å²) in [6.45, 7) is 2.21. The van der Waals surface area contributed by atoms with E-state index in [0.717, 1.165) is 6.04 Å². The van der Waals surface area contributed by atoms with E-state index in [0.29, 0.717) is 0 Å². The molecule has 5 heteroatoms. The van der Waals surface area contributed by atoms with Crippen LogP contribution >= 0.6 is 33.2 Å². The van der Waals surface area contributed by atoms with E-state index in [1.165, 1.54) is 18.5 Å². The zero-order valence-corrected chi connectivity index (χ0v) is 10.9. The van der Waals surface area contributed by atoms with Crippen LogP contribution in [0.15, 0.2) is 0 Å². The van der Waals surface area contributed by atoms with Gasteiger partial charge in [0.15, 0.2) is 0 Å². The van der Waals surface area contributed by atoms with E-state index >= 15 is 0 Å². The molecule has 0 spiro atoms. The number of hydrogen-bond acceptors (Lipinski definition) is 0. The Hall–Kier alpha value is 1.30. The highest BCUT2D eigenvalue weighted by Gasteiger charge is 2.23. The molecule has 0 aromatic rings. The van der Waals surface area contributed by atoms with Crippen molar-refractivity contribution < 1.29 is 0 Å². The van der Waals surface area contributed by atoms with Crippen LogP contribution in [-0.2, 0) is 0 Å². The summed E-state index contributed by atoms with van der Waals surface area (Å²) < 4.78 is 0. The lowest BCUT2D eigenvalue weighted by Gasteiger charge is -2.05. The molecule has 0 saturated carbocycles. The van der Waals surface area contributed by atoms with E-state index in [9.17, 15) is 0 Å². The van der Waals surface area contributed by atoms with Crippen LogP contribution in [0.5, 0.6) is 0 Å². The molecule has 0 atom stereocenters. The molecule has 0 saturated heterocycles. The second-order valence-electron chi connectivity index (χ2n) is 2.43. The van der Waals surface area contributed by atoms with Crippen LogP contribution in [0.2, 0.25) is 18.1 Å². The van der Waals surface area contributed by atoms with Crippen molar-refractivity contribution in [1.82, 2.24) is 0 Å². The number of hydrogen-bond donors (Lipinski definition) is 0. The molecule has 0 aromatic heterocycles. The Balaban J connectivity index is 3.04. The van der Waals surface area contributed by atoms with Gasteiger partial charge in [0.2, 0.25) is 0 Å². The van der Waals surface area contributed by atoms with Crippen molar-refractivity contribution in [3.8, 4) is 0 Å². The predicted molar refractivity (Wildman–Crippen MR) is 56.6 cm³/mol. The van der Waals surface area contributed by atoms with E-state index in [2.05, 4.69) is 6.92 Å². The minimum absolute atomic E-state index is 0.113. The molecular formula is C5H13Cl3Si2. The highest BCUT2D eigenvalue weighted by Crippen LogP contribution is 2.26. The van der Waals surface area contributed by atoms with E-state index in [4.69, 9.17) is 33.2 Å². The lowest BCUT2D eigenvalue weighted by molar-refractivity contribution is 1.07. The Morgan fingerprint density at radius 2 is 1.80 bits per heavy atom. The van der Waals surface area contributed by atoms with Gasteiger partial charge in [0, 0.05) is 9.52 Å². The quantitative estimate of drug-likeness (QED) is 0.390. The average Bonchev–Trinajstić information content (AvgIpc) is 1.78. The SMILES string of the molecule is CCC[SiH2]CC[Si](Cl)(Cl)Cl. The van der Waals surface area contributed by atoms with E-state index in [1.54, 1.807) is 0 Å². The second-order valence-corrected chi connectivity index (χ2v) is 13.8. The Kier molecular flexibility index (Phi) is 6.66. The largest absolute Gasteiger partial charge is 0.341 e. The Morgan fingerprint density at radius 3 is 2.20 bits per heavy atom. The summed E-state index contributed by atoms with van der Waals surface area (Å²) >= 11 is 17.1. The molecule has 10 heavy (non-hydrogen) atoms. The molecule has 0 fully saturated rings. The van der Waals surface area contributed by atoms with Gasteiger partial charge in [-0.2, -0.15) is 0 Å². The molecule has 0 amide bonds. The van der Waals surface area contributed by atoms with Gasteiger partial charge in [-0.1, -0.05) is 25.4 Å². The second kappa shape index (κ2) is 5.89. The fourth-order valence-electron chi connectivity index (χ4n) is 0.752. The van der Waals surface area contributed by atoms with Crippen molar-refractivity contribution >= 4 is 48.8 Å². The molecule has 0 radical (unpaired) electrons. The molecule has 0 bridgehead atoms. The average molecular weight is 236 g/mol. The number of rotatable bonds is 5. The first-order valence-corrected chi connectivity index (χ1v) is 10.9. The van der Waals surface area contributed by atoms with Crippen molar-refractivity contribution in [2.45, 2.75) is 31.5 Å². The lowest BCUT2D eigenvalue weighted by atomic mass is 10.6. The van der Waals surface area contributed by atoms with Crippen LogP contribution in [0.4, 0.5) is 0 Å². The van der Waals surface area contributed by atoms with Gasteiger partial charge in [-0.3, -0.25) is 0 Å². The fourth-order valence-corrected chi connectivity index (χ4v) is 7.82. The molecule has 0 heterocycles. The molecule has 0 nitrogen and oxygen atoms in total. The third kappa shape index (κ3) is 9.30. The maximum Gasteiger partial charge on any atom is 0.341 e. The topological polar surface area (TPSA) is 0 Å². The van der Waals surface area contributed by atoms with Crippen LogP contribution in [0.1, 0.15) is 13.3 Å². The van der Waals surface area contributed by atoms with Crippen molar-refractivity contribution in [3.63, 3.8) is 0 Å². The summed E-state index contributed by atoms with van der Waals surface area (Å²) in [4.78, 5) is 0. The third-order valence-corrected chi connectivity index (χ3v) is 6.70. The van der Waals surface area contributed by atoms with Crippen LogP contribution < -0.4 is 0 Å². The molecule has 62 valence electrons. The van der Waals surface area contributed by atoms with Crippen molar-refractivity contribution in [2.24, 2.45) is 0 Å². The van der Waals surface area contributed by atoms with Gasteiger partial charge < -0.3 is 0 Å². The van der Waals surface area contributed by atoms with Gasteiger partial charge in [-0.05, 0) is 6.04 Å². The van der Waals surface area contributed by atoms with Gasteiger partial charge in [0.25, 0.3) is 0 Å². The van der Waals surface area contributed by atoms with Crippen molar-refractivity contribution in [1.29, 1.82) is 0 Å². The van der Waals surface area contributed by atoms with Crippen LogP contribution in [0.3, 0.4) is 0 Å². The first-order valence-electron chi connectivity index (χ1n) is 3.63. The summed E-state index contributed by atoms with van der Waals surface area (Å²) in [6.07, 6.45) is 1.30. The van der Waals surface area contributed by atoms with E-state index < -0.39 is 6.00 Å². The zero-order valence-electron chi connectivity index (χ0n) is 6.17. The van der Waals surface area contributed by atoms with Gasteiger partial charge in [0.1, 0.15) is 0 Å². The van der Waals surface area contributed by atoms with Crippen molar-refractivity contribution in [2.75, 3.05) is 0 Å². The van der Waals surface area contributed by atoms with Crippen molar-refractivity contribution in [3.05, 3.63) is 0 Å². The molecule has 0 aliphatic carbocycles. The standard InChI is InChI=1S/C5H13Cl3Si2/c1-2-3-9-4-5-10(6,7)8/h2-5,9H2,1H3. The Morgan fingerprint density at radius 1 is 1.20 bits per heavy atom. The minimum Gasteiger partial charge on any atom is -0.126 e. The smallest absolute Gasteiger partial charge is 0.126 e. The lowest BCUT2D eigenvalue weighted by Crippen LogP contribution is -2.09. The summed E-state index contributed by atoms with van der Waals surface area (Å²) in [6, 6.07) is 1.24. The molecule has 0 rings (SSSR count). The normalized spacial score (nSPS) is 13.2. The van der Waals surface area contributed by atoms with Crippen LogP contribution in [0.25, 0.3) is 0 Å². The summed E-state index contributed by atoms with van der Waals surface area (Å²) in [7, 11) is 0.113. The molecule has 0 aromatic carbocycles. The third-order valence-electron chi connectivity index (χ3n) is 1.31. The molecular weight excluding hydrogens is 223 g/mol. The van der Waals surface area contributed by atoms with E-state index in [1.807, 2.05) is 0 Å². The maximum absolute atomic E-state index is 5.70. The molecule has 0 aliphatic heterocycles. The molecule has 0 N–H and O–H groups in total.